The normalized spacial score (nSPS) is 10.7. The van der Waals surface area contributed by atoms with Crippen LogP contribution in [0, 0.1) is 10.1 Å². The molecular weight excluding hydrogens is 272 g/mol. The van der Waals surface area contributed by atoms with Crippen LogP contribution in [0.1, 0.15) is 18.4 Å². The number of carboxylic acid groups (broad SMARTS) is 1. The van der Waals surface area contributed by atoms with Gasteiger partial charge in [-0.25, -0.2) is 0 Å². The van der Waals surface area contributed by atoms with Crippen LogP contribution >= 0.6 is 11.6 Å². The summed E-state index contributed by atoms with van der Waals surface area (Å²) in [5.41, 5.74) is 0.546. The van der Waals surface area contributed by atoms with Gasteiger partial charge in [-0.1, -0.05) is 11.6 Å². The van der Waals surface area contributed by atoms with Gasteiger partial charge in [0, 0.05) is 29.6 Å². The SMILES string of the molecule is CN(CCCC(=O)O)Cc1ccc(Cl)cc1[N+](=O)[O-]. The van der Waals surface area contributed by atoms with E-state index in [4.69, 9.17) is 16.7 Å². The number of nitro groups is 1. The molecule has 7 heteroatoms. The average Bonchev–Trinajstić information content (AvgIpc) is 2.30. The highest BCUT2D eigenvalue weighted by molar-refractivity contribution is 6.30. The summed E-state index contributed by atoms with van der Waals surface area (Å²) in [7, 11) is 1.79. The van der Waals surface area contributed by atoms with E-state index in [0.29, 0.717) is 30.1 Å². The number of carbonyl (C=O) groups is 1. The summed E-state index contributed by atoms with van der Waals surface area (Å²) < 4.78 is 0. The first-order valence-corrected chi connectivity index (χ1v) is 6.11. The Hall–Kier alpha value is -1.66. The predicted octanol–water partition coefficient (Wildman–Crippen LogP) is 2.54. The zero-order valence-corrected chi connectivity index (χ0v) is 11.3. The minimum absolute atomic E-state index is 0.0161. The number of nitro benzene ring substituents is 1. The summed E-state index contributed by atoms with van der Waals surface area (Å²) in [6.07, 6.45) is 0.597. The van der Waals surface area contributed by atoms with E-state index in [1.54, 1.807) is 19.2 Å². The van der Waals surface area contributed by atoms with E-state index in [1.165, 1.54) is 6.07 Å². The first-order chi connectivity index (χ1) is 8.90. The molecule has 0 radical (unpaired) electrons. The van der Waals surface area contributed by atoms with Crippen LogP contribution in [0.15, 0.2) is 18.2 Å². The van der Waals surface area contributed by atoms with Crippen molar-refractivity contribution in [2.45, 2.75) is 19.4 Å². The van der Waals surface area contributed by atoms with Crippen LogP contribution in [0.2, 0.25) is 5.02 Å². The topological polar surface area (TPSA) is 83.7 Å². The second kappa shape index (κ2) is 7.06. The van der Waals surface area contributed by atoms with E-state index in [2.05, 4.69) is 0 Å². The molecule has 0 aromatic heterocycles. The lowest BCUT2D eigenvalue weighted by molar-refractivity contribution is -0.385. The van der Waals surface area contributed by atoms with Crippen LogP contribution in [0.3, 0.4) is 0 Å². The number of rotatable bonds is 7. The van der Waals surface area contributed by atoms with Gasteiger partial charge in [-0.15, -0.1) is 0 Å². The van der Waals surface area contributed by atoms with Gasteiger partial charge in [0.25, 0.3) is 5.69 Å². The number of hydrogen-bond acceptors (Lipinski definition) is 4. The van der Waals surface area contributed by atoms with E-state index >= 15 is 0 Å². The molecule has 6 nitrogen and oxygen atoms in total. The molecule has 0 aliphatic rings. The molecular formula is C12H15ClN2O4. The van der Waals surface area contributed by atoms with E-state index in [9.17, 15) is 14.9 Å². The Morgan fingerprint density at radius 3 is 2.79 bits per heavy atom. The molecule has 0 bridgehead atoms. The number of carboxylic acids is 1. The Balaban J connectivity index is 2.65. The van der Waals surface area contributed by atoms with Crippen LogP contribution in [0.5, 0.6) is 0 Å². The Morgan fingerprint density at radius 1 is 1.53 bits per heavy atom. The molecule has 0 fully saturated rings. The number of halogens is 1. The van der Waals surface area contributed by atoms with Crippen molar-refractivity contribution in [2.24, 2.45) is 0 Å². The van der Waals surface area contributed by atoms with Gasteiger partial charge >= 0.3 is 5.97 Å². The van der Waals surface area contributed by atoms with Crippen LogP contribution in [0.25, 0.3) is 0 Å². The van der Waals surface area contributed by atoms with E-state index < -0.39 is 10.9 Å². The van der Waals surface area contributed by atoms with E-state index in [-0.39, 0.29) is 12.1 Å². The average molecular weight is 287 g/mol. The molecule has 1 aromatic carbocycles. The molecule has 0 amide bonds. The monoisotopic (exact) mass is 286 g/mol. The van der Waals surface area contributed by atoms with Crippen LogP contribution < -0.4 is 0 Å². The third-order valence-electron chi connectivity index (χ3n) is 2.61. The first-order valence-electron chi connectivity index (χ1n) is 5.73. The fraction of sp³-hybridized carbons (Fsp3) is 0.417. The van der Waals surface area contributed by atoms with Gasteiger partial charge in [-0.05, 0) is 32.1 Å². The van der Waals surface area contributed by atoms with Crippen molar-refractivity contribution in [2.75, 3.05) is 13.6 Å². The maximum Gasteiger partial charge on any atom is 0.303 e. The Morgan fingerprint density at radius 2 is 2.21 bits per heavy atom. The van der Waals surface area contributed by atoms with E-state index in [1.807, 2.05) is 4.90 Å². The van der Waals surface area contributed by atoms with Crippen molar-refractivity contribution in [3.8, 4) is 0 Å². The lowest BCUT2D eigenvalue weighted by Gasteiger charge is -2.16. The molecule has 0 aliphatic carbocycles. The molecule has 0 saturated carbocycles. The molecule has 1 aromatic rings. The molecule has 1 N–H and O–H groups in total. The second-order valence-corrected chi connectivity index (χ2v) is 4.70. The van der Waals surface area contributed by atoms with Crippen LogP contribution in [-0.2, 0) is 11.3 Å². The smallest absolute Gasteiger partial charge is 0.303 e. The van der Waals surface area contributed by atoms with Crippen molar-refractivity contribution in [1.29, 1.82) is 0 Å². The summed E-state index contributed by atoms with van der Waals surface area (Å²) in [6, 6.07) is 4.55. The minimum atomic E-state index is -0.842. The quantitative estimate of drug-likeness (QED) is 0.615. The highest BCUT2D eigenvalue weighted by Gasteiger charge is 2.15. The third-order valence-corrected chi connectivity index (χ3v) is 2.85. The second-order valence-electron chi connectivity index (χ2n) is 4.27. The zero-order chi connectivity index (χ0) is 14.4. The summed E-state index contributed by atoms with van der Waals surface area (Å²) in [5.74, 6) is -0.842. The van der Waals surface area contributed by atoms with Crippen molar-refractivity contribution in [3.05, 3.63) is 38.9 Å². The standard InChI is InChI=1S/C12H15ClN2O4/c1-14(6-2-3-12(16)17)8-9-4-5-10(13)7-11(9)15(18)19/h4-5,7H,2-3,6,8H2,1H3,(H,16,17). The van der Waals surface area contributed by atoms with Crippen molar-refractivity contribution in [3.63, 3.8) is 0 Å². The van der Waals surface area contributed by atoms with E-state index in [0.717, 1.165) is 0 Å². The molecule has 0 spiro atoms. The number of benzene rings is 1. The summed E-state index contributed by atoms with van der Waals surface area (Å²) >= 11 is 5.73. The zero-order valence-electron chi connectivity index (χ0n) is 10.5. The Labute approximate surface area is 115 Å². The predicted molar refractivity (Wildman–Crippen MR) is 71.3 cm³/mol. The molecule has 0 heterocycles. The summed E-state index contributed by atoms with van der Waals surface area (Å²) in [5, 5.41) is 19.8. The molecule has 0 atom stereocenters. The molecule has 0 aliphatic heterocycles. The summed E-state index contributed by atoms with van der Waals surface area (Å²) in [6.45, 7) is 0.944. The van der Waals surface area contributed by atoms with Gasteiger partial charge in [-0.2, -0.15) is 0 Å². The van der Waals surface area contributed by atoms with Crippen molar-refractivity contribution in [1.82, 2.24) is 4.90 Å². The van der Waals surface area contributed by atoms with Crippen LogP contribution in [-0.4, -0.2) is 34.5 Å². The summed E-state index contributed by atoms with van der Waals surface area (Å²) in [4.78, 5) is 22.7. The van der Waals surface area contributed by atoms with Gasteiger partial charge in [0.15, 0.2) is 0 Å². The Kier molecular flexibility index (Phi) is 5.72. The maximum absolute atomic E-state index is 10.9. The van der Waals surface area contributed by atoms with Gasteiger partial charge in [0.2, 0.25) is 0 Å². The lowest BCUT2D eigenvalue weighted by atomic mass is 10.1. The molecule has 1 rings (SSSR count). The minimum Gasteiger partial charge on any atom is -0.481 e. The number of nitrogens with zero attached hydrogens (tertiary/aromatic N) is 2. The first kappa shape index (κ1) is 15.4. The molecule has 0 unspecified atom stereocenters. The highest BCUT2D eigenvalue weighted by Crippen LogP contribution is 2.24. The fourth-order valence-corrected chi connectivity index (χ4v) is 1.88. The molecule has 19 heavy (non-hydrogen) atoms. The highest BCUT2D eigenvalue weighted by atomic mass is 35.5. The lowest BCUT2D eigenvalue weighted by Crippen LogP contribution is -2.20. The van der Waals surface area contributed by atoms with Crippen molar-refractivity contribution < 1.29 is 14.8 Å². The van der Waals surface area contributed by atoms with Gasteiger partial charge in [-0.3, -0.25) is 14.9 Å². The van der Waals surface area contributed by atoms with Crippen LogP contribution in [0.4, 0.5) is 5.69 Å². The van der Waals surface area contributed by atoms with Crippen molar-refractivity contribution >= 4 is 23.3 Å². The maximum atomic E-state index is 10.9. The molecule has 104 valence electrons. The molecule has 0 saturated heterocycles. The van der Waals surface area contributed by atoms with Gasteiger partial charge in [0.05, 0.1) is 4.92 Å². The van der Waals surface area contributed by atoms with Gasteiger partial charge < -0.3 is 10.0 Å². The Bertz CT molecular complexity index is 479. The number of aliphatic carboxylic acids is 1. The fourth-order valence-electron chi connectivity index (χ4n) is 1.71. The number of hydrogen-bond donors (Lipinski definition) is 1. The third kappa shape index (κ3) is 5.23. The largest absolute Gasteiger partial charge is 0.481 e. The van der Waals surface area contributed by atoms with Gasteiger partial charge in [0.1, 0.15) is 0 Å².